The molecule has 2 rings (SSSR count). The highest BCUT2D eigenvalue weighted by Crippen LogP contribution is 2.21. The zero-order valence-electron chi connectivity index (χ0n) is 13.1. The molecule has 0 atom stereocenters. The molecule has 6 heteroatoms. The number of carbonyl (C=O) groups is 1. The van der Waals surface area contributed by atoms with Crippen molar-refractivity contribution in [3.05, 3.63) is 29.6 Å². The fraction of sp³-hybridized carbons (Fsp3) is 0.562. The van der Waals surface area contributed by atoms with E-state index in [9.17, 15) is 9.18 Å². The summed E-state index contributed by atoms with van der Waals surface area (Å²) in [6, 6.07) is 4.65. The van der Waals surface area contributed by atoms with Gasteiger partial charge in [0.05, 0.1) is 7.11 Å². The normalized spacial score (nSPS) is 16.3. The molecule has 0 aromatic heterocycles. The van der Waals surface area contributed by atoms with Gasteiger partial charge in [0.15, 0.2) is 0 Å². The molecule has 122 valence electrons. The van der Waals surface area contributed by atoms with E-state index in [1.807, 2.05) is 0 Å². The van der Waals surface area contributed by atoms with E-state index in [1.54, 1.807) is 20.2 Å². The molecule has 22 heavy (non-hydrogen) atoms. The van der Waals surface area contributed by atoms with Crippen LogP contribution in [0.1, 0.15) is 18.4 Å². The van der Waals surface area contributed by atoms with E-state index in [1.165, 1.54) is 12.1 Å². The summed E-state index contributed by atoms with van der Waals surface area (Å²) in [5.41, 5.74) is 1.01. The predicted molar refractivity (Wildman–Crippen MR) is 81.7 cm³/mol. The van der Waals surface area contributed by atoms with E-state index in [0.717, 1.165) is 44.5 Å². The van der Waals surface area contributed by atoms with Crippen molar-refractivity contribution in [2.24, 2.45) is 0 Å². The van der Waals surface area contributed by atoms with Crippen LogP contribution < -0.4 is 10.1 Å². The Kier molecular flexibility index (Phi) is 6.00. The Morgan fingerprint density at radius 2 is 2.14 bits per heavy atom. The molecule has 1 heterocycles. The van der Waals surface area contributed by atoms with Crippen molar-refractivity contribution in [2.45, 2.75) is 25.4 Å². The molecule has 1 fully saturated rings. The Bertz CT molecular complexity index is 502. The Morgan fingerprint density at radius 1 is 1.41 bits per heavy atom. The van der Waals surface area contributed by atoms with Gasteiger partial charge in [0, 0.05) is 32.7 Å². The first-order valence-electron chi connectivity index (χ1n) is 7.55. The number of hydrogen-bond donors (Lipinski definition) is 1. The van der Waals surface area contributed by atoms with Crippen molar-refractivity contribution in [1.29, 1.82) is 0 Å². The van der Waals surface area contributed by atoms with Gasteiger partial charge >= 0.3 is 6.09 Å². The van der Waals surface area contributed by atoms with Gasteiger partial charge in [0.25, 0.3) is 0 Å². The van der Waals surface area contributed by atoms with Gasteiger partial charge in [-0.15, -0.1) is 0 Å². The molecule has 1 aliphatic rings. The summed E-state index contributed by atoms with van der Waals surface area (Å²) < 4.78 is 23.6. The number of hydrogen-bond acceptors (Lipinski definition) is 4. The Labute approximate surface area is 130 Å². The summed E-state index contributed by atoms with van der Waals surface area (Å²) in [7, 11) is 3.12. The molecule has 0 radical (unpaired) electrons. The molecule has 0 spiro atoms. The summed E-state index contributed by atoms with van der Waals surface area (Å²) >= 11 is 0. The largest absolute Gasteiger partial charge is 0.496 e. The fourth-order valence-corrected chi connectivity index (χ4v) is 2.66. The van der Waals surface area contributed by atoms with Gasteiger partial charge in [-0.2, -0.15) is 0 Å². The smallest absolute Gasteiger partial charge is 0.407 e. The summed E-state index contributed by atoms with van der Waals surface area (Å²) in [6.45, 7) is 2.67. The van der Waals surface area contributed by atoms with Crippen LogP contribution in [0.15, 0.2) is 18.2 Å². The lowest BCUT2D eigenvalue weighted by Gasteiger charge is -2.31. The molecular formula is C16H23FN2O3. The average molecular weight is 310 g/mol. The van der Waals surface area contributed by atoms with Crippen LogP contribution in [-0.2, 0) is 11.2 Å². The van der Waals surface area contributed by atoms with Crippen molar-refractivity contribution in [2.75, 3.05) is 33.8 Å². The second kappa shape index (κ2) is 7.98. The van der Waals surface area contributed by atoms with Crippen LogP contribution in [0.25, 0.3) is 0 Å². The fourth-order valence-electron chi connectivity index (χ4n) is 2.66. The minimum Gasteiger partial charge on any atom is -0.496 e. The standard InChI is InChI=1S/C16H23FN2O3/c1-18-16(20)22-14-6-9-19(10-7-14)8-5-12-3-4-13(17)11-15(12)21-2/h3-4,11,14H,5-10H2,1-2H3,(H,18,20). The maximum Gasteiger partial charge on any atom is 0.407 e. The third-order valence-electron chi connectivity index (χ3n) is 3.96. The highest BCUT2D eigenvalue weighted by atomic mass is 19.1. The summed E-state index contributed by atoms with van der Waals surface area (Å²) in [5.74, 6) is 0.311. The van der Waals surface area contributed by atoms with Crippen LogP contribution in [0.4, 0.5) is 9.18 Å². The number of benzene rings is 1. The first kappa shape index (κ1) is 16.5. The maximum atomic E-state index is 13.2. The second-order valence-electron chi connectivity index (χ2n) is 5.40. The lowest BCUT2D eigenvalue weighted by atomic mass is 10.1. The number of amides is 1. The number of rotatable bonds is 5. The van der Waals surface area contributed by atoms with Crippen molar-refractivity contribution in [3.8, 4) is 5.75 Å². The van der Waals surface area contributed by atoms with Crippen LogP contribution in [0.5, 0.6) is 5.75 Å². The molecule has 0 saturated carbocycles. The number of piperidine rings is 1. The van der Waals surface area contributed by atoms with E-state index >= 15 is 0 Å². The average Bonchev–Trinajstić information content (AvgIpc) is 2.54. The molecule has 1 amide bonds. The highest BCUT2D eigenvalue weighted by molar-refractivity contribution is 5.66. The lowest BCUT2D eigenvalue weighted by molar-refractivity contribution is 0.0522. The molecule has 1 N–H and O–H groups in total. The van der Waals surface area contributed by atoms with Gasteiger partial charge in [-0.1, -0.05) is 6.07 Å². The summed E-state index contributed by atoms with van der Waals surface area (Å²) in [4.78, 5) is 13.5. The van der Waals surface area contributed by atoms with Crippen molar-refractivity contribution >= 4 is 6.09 Å². The van der Waals surface area contributed by atoms with Gasteiger partial charge in [0.1, 0.15) is 17.7 Å². The molecule has 0 unspecified atom stereocenters. The van der Waals surface area contributed by atoms with Crippen LogP contribution in [0, 0.1) is 5.82 Å². The third kappa shape index (κ3) is 4.59. The topological polar surface area (TPSA) is 50.8 Å². The molecule has 1 aliphatic heterocycles. The predicted octanol–water partition coefficient (Wildman–Crippen LogP) is 2.20. The summed E-state index contributed by atoms with van der Waals surface area (Å²) in [5, 5.41) is 2.47. The zero-order valence-corrected chi connectivity index (χ0v) is 13.1. The monoisotopic (exact) mass is 310 g/mol. The number of likely N-dealkylation sites (tertiary alicyclic amines) is 1. The SMILES string of the molecule is CNC(=O)OC1CCN(CCc2ccc(F)cc2OC)CC1. The molecule has 1 saturated heterocycles. The zero-order chi connectivity index (χ0) is 15.9. The van der Waals surface area contributed by atoms with Gasteiger partial charge in [-0.3, -0.25) is 0 Å². The van der Waals surface area contributed by atoms with Gasteiger partial charge in [-0.05, 0) is 30.9 Å². The number of methoxy groups -OCH3 is 1. The van der Waals surface area contributed by atoms with Crippen molar-refractivity contribution in [1.82, 2.24) is 10.2 Å². The van der Waals surface area contributed by atoms with Crippen molar-refractivity contribution < 1.29 is 18.7 Å². The Balaban J connectivity index is 1.78. The molecule has 5 nitrogen and oxygen atoms in total. The van der Waals surface area contributed by atoms with E-state index in [-0.39, 0.29) is 18.0 Å². The highest BCUT2D eigenvalue weighted by Gasteiger charge is 2.21. The number of halogens is 1. The second-order valence-corrected chi connectivity index (χ2v) is 5.40. The first-order valence-corrected chi connectivity index (χ1v) is 7.55. The van der Waals surface area contributed by atoms with Gasteiger partial charge < -0.3 is 19.7 Å². The number of ether oxygens (including phenoxy) is 2. The molecule has 0 aliphatic carbocycles. The van der Waals surface area contributed by atoms with Crippen LogP contribution in [0.2, 0.25) is 0 Å². The van der Waals surface area contributed by atoms with E-state index < -0.39 is 0 Å². The van der Waals surface area contributed by atoms with Gasteiger partial charge in [-0.25, -0.2) is 9.18 Å². The summed E-state index contributed by atoms with van der Waals surface area (Å²) in [6.07, 6.45) is 2.12. The number of nitrogens with zero attached hydrogens (tertiary/aromatic N) is 1. The lowest BCUT2D eigenvalue weighted by Crippen LogP contribution is -2.39. The minimum atomic E-state index is -0.366. The minimum absolute atomic E-state index is 0.00319. The van der Waals surface area contributed by atoms with E-state index in [2.05, 4.69) is 10.2 Å². The molecular weight excluding hydrogens is 287 g/mol. The van der Waals surface area contributed by atoms with Crippen LogP contribution in [0.3, 0.4) is 0 Å². The third-order valence-corrected chi connectivity index (χ3v) is 3.96. The van der Waals surface area contributed by atoms with Gasteiger partial charge in [0.2, 0.25) is 0 Å². The molecule has 1 aromatic carbocycles. The quantitative estimate of drug-likeness (QED) is 0.906. The van der Waals surface area contributed by atoms with E-state index in [0.29, 0.717) is 5.75 Å². The maximum absolute atomic E-state index is 13.2. The number of alkyl carbamates (subject to hydrolysis) is 1. The Morgan fingerprint density at radius 3 is 2.77 bits per heavy atom. The van der Waals surface area contributed by atoms with E-state index in [4.69, 9.17) is 9.47 Å². The van der Waals surface area contributed by atoms with Crippen molar-refractivity contribution in [3.63, 3.8) is 0 Å². The number of nitrogens with one attached hydrogen (secondary N) is 1. The molecule has 1 aromatic rings. The number of carbonyl (C=O) groups excluding carboxylic acids is 1. The van der Waals surface area contributed by atoms with Crippen LogP contribution in [-0.4, -0.2) is 50.9 Å². The first-order chi connectivity index (χ1) is 10.6. The van der Waals surface area contributed by atoms with Crippen LogP contribution >= 0.6 is 0 Å². The molecule has 0 bridgehead atoms. The Hall–Kier alpha value is -1.82.